The Hall–Kier alpha value is -2.24. The number of hydrogen-bond donors (Lipinski definition) is 3. The van der Waals surface area contributed by atoms with Crippen LogP contribution in [-0.4, -0.2) is 26.4 Å². The van der Waals surface area contributed by atoms with Crippen molar-refractivity contribution in [1.82, 2.24) is 0 Å². The molecule has 0 atom stereocenters. The molecule has 0 aliphatic heterocycles. The third kappa shape index (κ3) is 2.88. The van der Waals surface area contributed by atoms with Gasteiger partial charge in [0.05, 0.1) is 19.8 Å². The molecule has 0 aromatic heterocycles. The van der Waals surface area contributed by atoms with E-state index in [1.165, 1.54) is 0 Å². The van der Waals surface area contributed by atoms with Crippen molar-refractivity contribution in [1.29, 1.82) is 0 Å². The van der Waals surface area contributed by atoms with Crippen molar-refractivity contribution in [3.63, 3.8) is 0 Å². The predicted molar refractivity (Wildman–Crippen MR) is 61.5 cm³/mol. The fourth-order valence-corrected chi connectivity index (χ4v) is 1.20. The van der Waals surface area contributed by atoms with Crippen LogP contribution in [0.15, 0.2) is 23.3 Å². The van der Waals surface area contributed by atoms with Gasteiger partial charge < -0.3 is 20.9 Å². The number of guanidine groups is 1. The Morgan fingerprint density at radius 2 is 2.06 bits per heavy atom. The molecule has 5 N–H and O–H groups in total. The van der Waals surface area contributed by atoms with Crippen LogP contribution in [0.5, 0.6) is 11.5 Å². The lowest BCUT2D eigenvalue weighted by Gasteiger charge is -2.07. The van der Waals surface area contributed by atoms with Crippen molar-refractivity contribution in [2.24, 2.45) is 16.6 Å². The van der Waals surface area contributed by atoms with Crippen LogP contribution >= 0.6 is 0 Å². The van der Waals surface area contributed by atoms with E-state index in [9.17, 15) is 0 Å². The lowest BCUT2D eigenvalue weighted by Crippen LogP contribution is -2.63. The van der Waals surface area contributed by atoms with Gasteiger partial charge in [-0.25, -0.2) is 0 Å². The minimum Gasteiger partial charge on any atom is -0.493 e. The topological polar surface area (TPSA) is 96.8 Å². The first kappa shape index (κ1) is 11.8. The zero-order valence-corrected chi connectivity index (χ0v) is 9.23. The lowest BCUT2D eigenvalue weighted by atomic mass is 10.2. The molecule has 0 heterocycles. The van der Waals surface area contributed by atoms with Crippen LogP contribution in [0.1, 0.15) is 5.56 Å². The standard InChI is InChI=1S/C10H14N4O2/c1-15-8-5-3-4-7(9(8)16-2)6-13-14-10(11)12/h3-6H,1-2H3,(H4,11,12,14)/p+1. The average Bonchev–Trinajstić information content (AvgIpc) is 2.28. The van der Waals surface area contributed by atoms with Crippen LogP contribution in [0.25, 0.3) is 0 Å². The molecule has 1 rings (SSSR count). The van der Waals surface area contributed by atoms with E-state index in [4.69, 9.17) is 20.9 Å². The van der Waals surface area contributed by atoms with Crippen LogP contribution < -0.4 is 26.0 Å². The molecule has 6 nitrogen and oxygen atoms in total. The van der Waals surface area contributed by atoms with E-state index in [1.807, 2.05) is 12.1 Å². The Labute approximate surface area is 93.6 Å². The number of ether oxygens (including phenoxy) is 2. The van der Waals surface area contributed by atoms with Crippen molar-refractivity contribution in [2.75, 3.05) is 14.2 Å². The molecule has 0 amide bonds. The third-order valence-corrected chi connectivity index (χ3v) is 1.85. The number of rotatable bonds is 4. The highest BCUT2D eigenvalue weighted by Gasteiger charge is 2.09. The van der Waals surface area contributed by atoms with E-state index in [0.717, 1.165) is 5.56 Å². The average molecular weight is 223 g/mol. The lowest BCUT2D eigenvalue weighted by molar-refractivity contribution is -0.456. The van der Waals surface area contributed by atoms with Gasteiger partial charge in [-0.05, 0) is 12.1 Å². The highest BCUT2D eigenvalue weighted by molar-refractivity contribution is 5.81. The molecule has 1 aromatic carbocycles. The van der Waals surface area contributed by atoms with Crippen LogP contribution in [0, 0.1) is 0 Å². The third-order valence-electron chi connectivity index (χ3n) is 1.85. The molecular formula is C10H15N4O2+. The largest absolute Gasteiger partial charge is 0.493 e. The summed E-state index contributed by atoms with van der Waals surface area (Å²) in [5.74, 6) is 1.21. The molecule has 1 aromatic rings. The summed E-state index contributed by atoms with van der Waals surface area (Å²) in [5.41, 5.74) is 11.1. The van der Waals surface area contributed by atoms with Gasteiger partial charge >= 0.3 is 0 Å². The van der Waals surface area contributed by atoms with Gasteiger partial charge in [-0.1, -0.05) is 6.07 Å². The van der Waals surface area contributed by atoms with Crippen molar-refractivity contribution in [3.8, 4) is 11.5 Å². The van der Waals surface area contributed by atoms with Crippen molar-refractivity contribution < 1.29 is 14.6 Å². The molecule has 0 bridgehead atoms. The van der Waals surface area contributed by atoms with Gasteiger partial charge in [0, 0.05) is 5.10 Å². The summed E-state index contributed by atoms with van der Waals surface area (Å²) in [4.78, 5) is 0. The first-order chi connectivity index (χ1) is 7.69. The van der Waals surface area contributed by atoms with Crippen molar-refractivity contribution in [2.45, 2.75) is 0 Å². The van der Waals surface area contributed by atoms with E-state index >= 15 is 0 Å². The summed E-state index contributed by atoms with van der Waals surface area (Å²) in [6, 6.07) is 5.48. The van der Waals surface area contributed by atoms with E-state index in [-0.39, 0.29) is 5.96 Å². The van der Waals surface area contributed by atoms with Gasteiger partial charge in [-0.3, -0.25) is 0 Å². The normalized spacial score (nSPS) is 10.1. The number of nitrogens with one attached hydrogen (secondary N) is 1. The molecule has 0 aliphatic rings. The van der Waals surface area contributed by atoms with Crippen molar-refractivity contribution >= 4 is 12.2 Å². The number of methoxy groups -OCH3 is 2. The molecule has 0 saturated carbocycles. The second kappa shape index (κ2) is 5.59. The van der Waals surface area contributed by atoms with Gasteiger partial charge in [0.1, 0.15) is 0 Å². The maximum atomic E-state index is 5.22. The minimum atomic E-state index is -0.0434. The maximum absolute atomic E-state index is 5.22. The van der Waals surface area contributed by atoms with Crippen LogP contribution in [0.4, 0.5) is 0 Å². The number of hydrogen-bond acceptors (Lipinski definition) is 3. The van der Waals surface area contributed by atoms with Crippen LogP contribution in [0.2, 0.25) is 0 Å². The molecule has 0 unspecified atom stereocenters. The predicted octanol–water partition coefficient (Wildman–Crippen LogP) is -1.61. The van der Waals surface area contributed by atoms with E-state index in [1.54, 1.807) is 26.5 Å². The molecule has 0 spiro atoms. The highest BCUT2D eigenvalue weighted by Crippen LogP contribution is 2.28. The number of hydrazone groups is 1. The highest BCUT2D eigenvalue weighted by atomic mass is 16.5. The Morgan fingerprint density at radius 3 is 2.62 bits per heavy atom. The quantitative estimate of drug-likeness (QED) is 0.325. The number of nitrogens with two attached hydrogens (primary N) is 2. The minimum absolute atomic E-state index is 0.0434. The number of para-hydroxylation sites is 1. The molecule has 0 saturated heterocycles. The zero-order valence-electron chi connectivity index (χ0n) is 9.23. The molecule has 86 valence electrons. The molecule has 0 aliphatic carbocycles. The number of nitrogens with zero attached hydrogens (tertiary/aromatic N) is 1. The molecule has 0 radical (unpaired) electrons. The summed E-state index contributed by atoms with van der Waals surface area (Å²) >= 11 is 0. The monoisotopic (exact) mass is 223 g/mol. The van der Waals surface area contributed by atoms with E-state index < -0.39 is 0 Å². The summed E-state index contributed by atoms with van der Waals surface area (Å²) in [5, 5.41) is 6.23. The van der Waals surface area contributed by atoms with E-state index in [0.29, 0.717) is 11.5 Å². The summed E-state index contributed by atoms with van der Waals surface area (Å²) in [6.07, 6.45) is 1.61. The molecule has 6 heteroatoms. The van der Waals surface area contributed by atoms with Gasteiger partial charge in [-0.15, -0.1) is 5.10 Å². The molecule has 16 heavy (non-hydrogen) atoms. The summed E-state index contributed by atoms with van der Waals surface area (Å²) in [7, 11) is 3.14. The Balaban J connectivity index is 3.04. The first-order valence-electron chi connectivity index (χ1n) is 4.57. The van der Waals surface area contributed by atoms with Gasteiger partial charge in [0.2, 0.25) is 6.21 Å². The Bertz CT molecular complexity index is 411. The second-order valence-electron chi connectivity index (χ2n) is 2.89. The van der Waals surface area contributed by atoms with Crippen LogP contribution in [0.3, 0.4) is 0 Å². The number of benzene rings is 1. The van der Waals surface area contributed by atoms with Crippen LogP contribution in [-0.2, 0) is 0 Å². The van der Waals surface area contributed by atoms with Crippen molar-refractivity contribution in [3.05, 3.63) is 23.8 Å². The second-order valence-corrected chi connectivity index (χ2v) is 2.89. The van der Waals surface area contributed by atoms with E-state index in [2.05, 4.69) is 10.2 Å². The SMILES string of the molecule is COc1cccc(C=[NH+]N=C(N)N)c1OC. The summed E-state index contributed by atoms with van der Waals surface area (Å²) < 4.78 is 10.4. The fourth-order valence-electron chi connectivity index (χ4n) is 1.20. The van der Waals surface area contributed by atoms with Gasteiger partial charge in [-0.2, -0.15) is 0 Å². The van der Waals surface area contributed by atoms with Gasteiger partial charge in [0.15, 0.2) is 11.5 Å². The first-order valence-corrected chi connectivity index (χ1v) is 4.57. The fraction of sp³-hybridized carbons (Fsp3) is 0.200. The molecular weight excluding hydrogens is 208 g/mol. The summed E-state index contributed by atoms with van der Waals surface area (Å²) in [6.45, 7) is 0. The maximum Gasteiger partial charge on any atom is 0.256 e. The molecule has 0 fully saturated rings. The Morgan fingerprint density at radius 1 is 1.31 bits per heavy atom. The van der Waals surface area contributed by atoms with Gasteiger partial charge in [0.25, 0.3) is 5.96 Å². The smallest absolute Gasteiger partial charge is 0.256 e. The zero-order chi connectivity index (χ0) is 12.0. The Kier molecular flexibility index (Phi) is 4.14.